The Morgan fingerprint density at radius 2 is 1.97 bits per heavy atom. The predicted octanol–water partition coefficient (Wildman–Crippen LogP) is 3.44. The number of rotatable bonds is 3. The number of fused-ring (bicyclic) bond motifs is 3. The molecular formula is C25H25N3O2. The number of pyridine rings is 1. The monoisotopic (exact) mass is 399 g/mol. The summed E-state index contributed by atoms with van der Waals surface area (Å²) in [7, 11) is 2.11. The Hall–Kier alpha value is -3.15. The van der Waals surface area contributed by atoms with E-state index in [2.05, 4.69) is 29.1 Å². The Bertz CT molecular complexity index is 1330. The van der Waals surface area contributed by atoms with Crippen molar-refractivity contribution < 1.29 is 5.11 Å². The highest BCUT2D eigenvalue weighted by Gasteiger charge is 2.18. The van der Waals surface area contributed by atoms with Crippen molar-refractivity contribution in [1.29, 1.82) is 0 Å². The molecule has 30 heavy (non-hydrogen) atoms. The largest absolute Gasteiger partial charge is 0.392 e. The van der Waals surface area contributed by atoms with Crippen molar-refractivity contribution in [3.8, 4) is 16.8 Å². The van der Waals surface area contributed by atoms with E-state index in [1.165, 1.54) is 16.6 Å². The Labute approximate surface area is 175 Å². The summed E-state index contributed by atoms with van der Waals surface area (Å²) < 4.78 is 3.96. The van der Waals surface area contributed by atoms with Crippen molar-refractivity contribution in [2.45, 2.75) is 26.5 Å². The van der Waals surface area contributed by atoms with E-state index in [0.717, 1.165) is 53.0 Å². The van der Waals surface area contributed by atoms with Crippen molar-refractivity contribution in [3.05, 3.63) is 87.5 Å². The molecule has 1 aliphatic rings. The fourth-order valence-electron chi connectivity index (χ4n) is 4.65. The minimum absolute atomic E-state index is 0.0177. The number of aromatic nitrogens is 2. The maximum Gasteiger partial charge on any atom is 0.255 e. The van der Waals surface area contributed by atoms with Crippen LogP contribution in [0.15, 0.2) is 59.5 Å². The van der Waals surface area contributed by atoms with Crippen LogP contribution in [-0.4, -0.2) is 20.8 Å². The van der Waals surface area contributed by atoms with E-state index < -0.39 is 0 Å². The second kappa shape index (κ2) is 7.27. The fourth-order valence-corrected chi connectivity index (χ4v) is 4.65. The maximum absolute atomic E-state index is 13.0. The van der Waals surface area contributed by atoms with Crippen LogP contribution in [0.3, 0.4) is 0 Å². The number of aliphatic hydroxyl groups is 1. The lowest BCUT2D eigenvalue weighted by molar-refractivity contribution is 0.282. The van der Waals surface area contributed by atoms with E-state index in [4.69, 9.17) is 0 Å². The first kappa shape index (κ1) is 18.9. The second-order valence-electron chi connectivity index (χ2n) is 8.04. The van der Waals surface area contributed by atoms with E-state index in [0.29, 0.717) is 0 Å². The molecule has 2 aromatic carbocycles. The number of aryl methyl sites for hydroxylation is 2. The molecule has 0 atom stereocenters. The first-order valence-corrected chi connectivity index (χ1v) is 10.3. The molecule has 0 saturated heterocycles. The van der Waals surface area contributed by atoms with Crippen LogP contribution in [0.4, 0.5) is 0 Å². The molecule has 0 unspecified atom stereocenters. The molecule has 5 nitrogen and oxygen atoms in total. The topological polar surface area (TPSA) is 59.2 Å². The highest BCUT2D eigenvalue weighted by molar-refractivity contribution is 5.87. The van der Waals surface area contributed by atoms with Gasteiger partial charge in [-0.3, -0.25) is 9.36 Å². The highest BCUT2D eigenvalue weighted by atomic mass is 16.3. The lowest BCUT2D eigenvalue weighted by Gasteiger charge is -2.14. The minimum Gasteiger partial charge on any atom is -0.392 e. The van der Waals surface area contributed by atoms with E-state index in [1.54, 1.807) is 10.6 Å². The number of nitrogens with one attached hydrogen (secondary N) is 1. The van der Waals surface area contributed by atoms with Gasteiger partial charge in [0.25, 0.3) is 5.56 Å². The van der Waals surface area contributed by atoms with Gasteiger partial charge in [-0.05, 0) is 52.9 Å². The molecule has 5 rings (SSSR count). The molecule has 0 saturated carbocycles. The molecular weight excluding hydrogens is 374 g/mol. The van der Waals surface area contributed by atoms with Crippen LogP contribution in [-0.2, 0) is 26.6 Å². The Morgan fingerprint density at radius 3 is 2.73 bits per heavy atom. The lowest BCUT2D eigenvalue weighted by atomic mass is 9.99. The molecule has 0 radical (unpaired) electrons. The molecule has 1 aliphatic heterocycles. The van der Waals surface area contributed by atoms with Gasteiger partial charge in [-0.2, -0.15) is 0 Å². The van der Waals surface area contributed by atoms with Gasteiger partial charge in [-0.1, -0.05) is 24.3 Å². The molecule has 0 spiro atoms. The number of nitrogens with zero attached hydrogens (tertiary/aromatic N) is 2. The smallest absolute Gasteiger partial charge is 0.255 e. The number of benzene rings is 2. The summed E-state index contributed by atoms with van der Waals surface area (Å²) in [4.78, 5) is 13.0. The van der Waals surface area contributed by atoms with Crippen LogP contribution < -0.4 is 10.9 Å². The molecule has 0 amide bonds. The van der Waals surface area contributed by atoms with Crippen molar-refractivity contribution in [2.24, 2.45) is 7.05 Å². The van der Waals surface area contributed by atoms with Crippen LogP contribution in [0.5, 0.6) is 0 Å². The molecule has 4 aromatic rings. The van der Waals surface area contributed by atoms with Gasteiger partial charge >= 0.3 is 0 Å². The minimum atomic E-state index is -0.0573. The molecule has 152 valence electrons. The van der Waals surface area contributed by atoms with Gasteiger partial charge in [-0.25, -0.2) is 0 Å². The normalized spacial score (nSPS) is 13.6. The first-order valence-electron chi connectivity index (χ1n) is 10.3. The Kier molecular flexibility index (Phi) is 4.57. The zero-order valence-electron chi connectivity index (χ0n) is 17.3. The van der Waals surface area contributed by atoms with Crippen LogP contribution in [0, 0.1) is 6.92 Å². The van der Waals surface area contributed by atoms with Crippen molar-refractivity contribution in [3.63, 3.8) is 0 Å². The van der Waals surface area contributed by atoms with Gasteiger partial charge in [0.15, 0.2) is 0 Å². The average molecular weight is 399 g/mol. The van der Waals surface area contributed by atoms with Crippen LogP contribution in [0.25, 0.3) is 27.7 Å². The summed E-state index contributed by atoms with van der Waals surface area (Å²) in [6, 6.07) is 15.8. The van der Waals surface area contributed by atoms with Gasteiger partial charge < -0.3 is 15.0 Å². The Balaban J connectivity index is 1.57. The average Bonchev–Trinajstić information content (AvgIpc) is 3.05. The van der Waals surface area contributed by atoms with E-state index in [-0.39, 0.29) is 12.2 Å². The van der Waals surface area contributed by atoms with Crippen molar-refractivity contribution in [1.82, 2.24) is 14.5 Å². The summed E-state index contributed by atoms with van der Waals surface area (Å²) >= 11 is 0. The summed E-state index contributed by atoms with van der Waals surface area (Å²) in [5.74, 6) is 0. The summed E-state index contributed by atoms with van der Waals surface area (Å²) in [6.45, 7) is 3.92. The maximum atomic E-state index is 13.0. The standard InChI is InChI=1S/C25H25N3O2/c1-16-11-17(15-29)3-5-20(16)18-8-10-28(25(30)12-18)19-4-6-21-22-14-26-9-7-23(22)27(2)24(21)13-19/h3-6,8,10-13,26,29H,7,9,14-15H2,1-2H3. The summed E-state index contributed by atoms with van der Waals surface area (Å²) in [5.41, 5.74) is 8.54. The highest BCUT2D eigenvalue weighted by Crippen LogP contribution is 2.29. The fraction of sp³-hybridized carbons (Fsp3) is 0.240. The summed E-state index contributed by atoms with van der Waals surface area (Å²) in [5, 5.41) is 14.0. The zero-order valence-corrected chi connectivity index (χ0v) is 17.3. The molecule has 3 heterocycles. The number of aliphatic hydroxyl groups excluding tert-OH is 1. The number of hydrogen-bond donors (Lipinski definition) is 2. The third kappa shape index (κ3) is 2.98. The van der Waals surface area contributed by atoms with Crippen molar-refractivity contribution in [2.75, 3.05) is 6.54 Å². The molecule has 0 fully saturated rings. The van der Waals surface area contributed by atoms with Crippen LogP contribution >= 0.6 is 0 Å². The molecule has 5 heteroatoms. The van der Waals surface area contributed by atoms with Gasteiger partial charge in [0.1, 0.15) is 0 Å². The van der Waals surface area contributed by atoms with Crippen molar-refractivity contribution >= 4 is 10.9 Å². The zero-order chi connectivity index (χ0) is 20.8. The SMILES string of the molecule is Cc1cc(CO)ccc1-c1ccn(-c2ccc3c4c(n(C)c3c2)CCNC4)c(=O)c1. The van der Waals surface area contributed by atoms with E-state index in [1.807, 2.05) is 43.5 Å². The molecule has 0 aliphatic carbocycles. The van der Waals surface area contributed by atoms with E-state index >= 15 is 0 Å². The second-order valence-corrected chi connectivity index (χ2v) is 8.04. The molecule has 2 N–H and O–H groups in total. The quantitative estimate of drug-likeness (QED) is 0.555. The Morgan fingerprint density at radius 1 is 1.10 bits per heavy atom. The van der Waals surface area contributed by atoms with Crippen LogP contribution in [0.1, 0.15) is 22.4 Å². The lowest BCUT2D eigenvalue weighted by Crippen LogP contribution is -2.24. The molecule has 0 bridgehead atoms. The first-order chi connectivity index (χ1) is 14.6. The van der Waals surface area contributed by atoms with Gasteiger partial charge in [-0.15, -0.1) is 0 Å². The third-order valence-corrected chi connectivity index (χ3v) is 6.24. The predicted molar refractivity (Wildman–Crippen MR) is 120 cm³/mol. The third-order valence-electron chi connectivity index (χ3n) is 6.24. The van der Waals surface area contributed by atoms with Gasteiger partial charge in [0.05, 0.1) is 17.8 Å². The molecule has 2 aromatic heterocycles. The van der Waals surface area contributed by atoms with E-state index in [9.17, 15) is 9.90 Å². The summed E-state index contributed by atoms with van der Waals surface area (Å²) in [6.07, 6.45) is 2.88. The number of hydrogen-bond acceptors (Lipinski definition) is 3. The van der Waals surface area contributed by atoms with Gasteiger partial charge in [0, 0.05) is 49.9 Å². The van der Waals surface area contributed by atoms with Gasteiger partial charge in [0.2, 0.25) is 0 Å². The van der Waals surface area contributed by atoms with Crippen LogP contribution in [0.2, 0.25) is 0 Å².